The number of hydrogen-bond acceptors (Lipinski definition) is 1. The SMILES string of the molecule is Cc1cc(Cl)cc([C@@H]2CCCN2)c1. The van der Waals surface area contributed by atoms with Crippen molar-refractivity contribution in [3.05, 3.63) is 34.3 Å². The highest BCUT2D eigenvalue weighted by atomic mass is 35.5. The molecule has 1 atom stereocenters. The van der Waals surface area contributed by atoms with E-state index in [0.29, 0.717) is 6.04 Å². The number of rotatable bonds is 1. The highest BCUT2D eigenvalue weighted by molar-refractivity contribution is 6.30. The predicted octanol–water partition coefficient (Wildman–Crippen LogP) is 3.07. The first-order valence-electron chi connectivity index (χ1n) is 4.76. The van der Waals surface area contributed by atoms with Gasteiger partial charge in [-0.1, -0.05) is 17.7 Å². The molecule has 1 heterocycles. The Morgan fingerprint density at radius 3 is 2.85 bits per heavy atom. The van der Waals surface area contributed by atoms with Crippen LogP contribution in [0.4, 0.5) is 0 Å². The zero-order valence-corrected chi connectivity index (χ0v) is 8.56. The van der Waals surface area contributed by atoms with Crippen LogP contribution in [0, 0.1) is 6.92 Å². The highest BCUT2D eigenvalue weighted by Gasteiger charge is 2.16. The van der Waals surface area contributed by atoms with Gasteiger partial charge in [0.05, 0.1) is 0 Å². The number of aryl methyl sites for hydroxylation is 1. The quantitative estimate of drug-likeness (QED) is 0.727. The highest BCUT2D eigenvalue weighted by Crippen LogP contribution is 2.26. The first kappa shape index (κ1) is 9.04. The van der Waals surface area contributed by atoms with E-state index < -0.39 is 0 Å². The summed E-state index contributed by atoms with van der Waals surface area (Å²) in [6.45, 7) is 3.22. The topological polar surface area (TPSA) is 12.0 Å². The Hall–Kier alpha value is -0.530. The van der Waals surface area contributed by atoms with Crippen molar-refractivity contribution in [3.8, 4) is 0 Å². The molecule has 1 aliphatic rings. The Morgan fingerprint density at radius 2 is 2.23 bits per heavy atom. The van der Waals surface area contributed by atoms with Crippen molar-refractivity contribution in [1.29, 1.82) is 0 Å². The molecule has 0 aliphatic carbocycles. The Balaban J connectivity index is 2.28. The summed E-state index contributed by atoms with van der Waals surface area (Å²) in [6, 6.07) is 6.81. The summed E-state index contributed by atoms with van der Waals surface area (Å²) in [5.74, 6) is 0. The molecule has 1 N–H and O–H groups in total. The minimum Gasteiger partial charge on any atom is -0.310 e. The van der Waals surface area contributed by atoms with Crippen LogP contribution in [0.3, 0.4) is 0 Å². The van der Waals surface area contributed by atoms with Crippen LogP contribution in [-0.2, 0) is 0 Å². The molecule has 2 rings (SSSR count). The molecule has 1 aromatic rings. The lowest BCUT2D eigenvalue weighted by atomic mass is 10.0. The smallest absolute Gasteiger partial charge is 0.0411 e. The normalized spacial score (nSPS) is 22.2. The summed E-state index contributed by atoms with van der Waals surface area (Å²) in [5.41, 5.74) is 2.58. The van der Waals surface area contributed by atoms with Crippen LogP contribution in [0.2, 0.25) is 5.02 Å². The van der Waals surface area contributed by atoms with Crippen LogP contribution in [0.15, 0.2) is 18.2 Å². The van der Waals surface area contributed by atoms with Crippen LogP contribution in [0.5, 0.6) is 0 Å². The molecular formula is C11H14ClN. The van der Waals surface area contributed by atoms with E-state index in [1.807, 2.05) is 6.07 Å². The molecular weight excluding hydrogens is 182 g/mol. The van der Waals surface area contributed by atoms with Gasteiger partial charge in [0.1, 0.15) is 0 Å². The maximum absolute atomic E-state index is 6.00. The second-order valence-corrected chi connectivity index (χ2v) is 4.15. The summed E-state index contributed by atoms with van der Waals surface area (Å²) in [7, 11) is 0. The van der Waals surface area contributed by atoms with Crippen molar-refractivity contribution >= 4 is 11.6 Å². The Labute approximate surface area is 84.1 Å². The Morgan fingerprint density at radius 1 is 1.38 bits per heavy atom. The summed E-state index contributed by atoms with van der Waals surface area (Å²) in [4.78, 5) is 0. The zero-order chi connectivity index (χ0) is 9.26. The van der Waals surface area contributed by atoms with Crippen LogP contribution in [0.1, 0.15) is 30.0 Å². The van der Waals surface area contributed by atoms with Crippen molar-refractivity contribution in [2.24, 2.45) is 0 Å². The van der Waals surface area contributed by atoms with Crippen LogP contribution in [0.25, 0.3) is 0 Å². The third-order valence-corrected chi connectivity index (χ3v) is 2.75. The zero-order valence-electron chi connectivity index (χ0n) is 7.81. The van der Waals surface area contributed by atoms with Gasteiger partial charge in [-0.25, -0.2) is 0 Å². The number of hydrogen-bond donors (Lipinski definition) is 1. The van der Waals surface area contributed by atoms with Gasteiger partial charge in [0.25, 0.3) is 0 Å². The predicted molar refractivity (Wildman–Crippen MR) is 56.2 cm³/mol. The van der Waals surface area contributed by atoms with Gasteiger partial charge in [-0.2, -0.15) is 0 Å². The van der Waals surface area contributed by atoms with E-state index in [4.69, 9.17) is 11.6 Å². The molecule has 1 nitrogen and oxygen atoms in total. The summed E-state index contributed by atoms with van der Waals surface area (Å²) in [5, 5.41) is 4.32. The maximum Gasteiger partial charge on any atom is 0.0411 e. The van der Waals surface area contributed by atoms with Gasteiger partial charge >= 0.3 is 0 Å². The third-order valence-electron chi connectivity index (χ3n) is 2.53. The molecule has 0 spiro atoms. The van der Waals surface area contributed by atoms with E-state index in [1.54, 1.807) is 0 Å². The van der Waals surface area contributed by atoms with Crippen molar-refractivity contribution < 1.29 is 0 Å². The van der Waals surface area contributed by atoms with Gasteiger partial charge < -0.3 is 5.32 Å². The second-order valence-electron chi connectivity index (χ2n) is 3.71. The fourth-order valence-electron chi connectivity index (χ4n) is 1.93. The molecule has 0 saturated carbocycles. The number of halogens is 1. The van der Waals surface area contributed by atoms with Gasteiger partial charge in [0.15, 0.2) is 0 Å². The fourth-order valence-corrected chi connectivity index (χ4v) is 2.23. The number of benzene rings is 1. The largest absolute Gasteiger partial charge is 0.310 e. The Bertz CT molecular complexity index is 283. The lowest BCUT2D eigenvalue weighted by Gasteiger charge is -2.11. The molecule has 0 amide bonds. The third kappa shape index (κ3) is 2.04. The lowest BCUT2D eigenvalue weighted by molar-refractivity contribution is 0.647. The van der Waals surface area contributed by atoms with Crippen LogP contribution < -0.4 is 5.32 Å². The molecule has 2 heteroatoms. The standard InChI is InChI=1S/C11H14ClN/c1-8-5-9(7-10(12)6-8)11-3-2-4-13-11/h5-7,11,13H,2-4H2,1H3/t11-/m0/s1. The van der Waals surface area contributed by atoms with E-state index in [1.165, 1.54) is 24.0 Å². The summed E-state index contributed by atoms with van der Waals surface area (Å²) < 4.78 is 0. The van der Waals surface area contributed by atoms with Crippen molar-refractivity contribution in [2.75, 3.05) is 6.54 Å². The van der Waals surface area contributed by atoms with Gasteiger partial charge in [-0.15, -0.1) is 0 Å². The molecule has 0 aromatic heterocycles. The van der Waals surface area contributed by atoms with Gasteiger partial charge in [-0.3, -0.25) is 0 Å². The molecule has 1 fully saturated rings. The molecule has 1 saturated heterocycles. The second kappa shape index (κ2) is 3.69. The average molecular weight is 196 g/mol. The van der Waals surface area contributed by atoms with E-state index in [9.17, 15) is 0 Å². The summed E-state index contributed by atoms with van der Waals surface area (Å²) in [6.07, 6.45) is 2.51. The molecule has 1 aromatic carbocycles. The lowest BCUT2D eigenvalue weighted by Crippen LogP contribution is -2.12. The van der Waals surface area contributed by atoms with Crippen molar-refractivity contribution in [1.82, 2.24) is 5.32 Å². The van der Waals surface area contributed by atoms with E-state index in [2.05, 4.69) is 24.4 Å². The van der Waals surface area contributed by atoms with E-state index in [0.717, 1.165) is 11.6 Å². The van der Waals surface area contributed by atoms with Crippen LogP contribution >= 0.6 is 11.6 Å². The minimum absolute atomic E-state index is 0.525. The average Bonchev–Trinajstić information content (AvgIpc) is 2.53. The van der Waals surface area contributed by atoms with Gasteiger partial charge in [0.2, 0.25) is 0 Å². The maximum atomic E-state index is 6.00. The number of nitrogens with one attached hydrogen (secondary N) is 1. The fraction of sp³-hybridized carbons (Fsp3) is 0.455. The first-order valence-corrected chi connectivity index (χ1v) is 5.14. The molecule has 0 radical (unpaired) electrons. The molecule has 1 aliphatic heterocycles. The molecule has 13 heavy (non-hydrogen) atoms. The van der Waals surface area contributed by atoms with E-state index in [-0.39, 0.29) is 0 Å². The van der Waals surface area contributed by atoms with Crippen molar-refractivity contribution in [3.63, 3.8) is 0 Å². The van der Waals surface area contributed by atoms with Gasteiger partial charge in [-0.05, 0) is 49.6 Å². The molecule has 70 valence electrons. The molecule has 0 unspecified atom stereocenters. The van der Waals surface area contributed by atoms with Crippen molar-refractivity contribution in [2.45, 2.75) is 25.8 Å². The summed E-state index contributed by atoms with van der Waals surface area (Å²) >= 11 is 6.00. The van der Waals surface area contributed by atoms with Crippen LogP contribution in [-0.4, -0.2) is 6.54 Å². The minimum atomic E-state index is 0.525. The Kier molecular flexibility index (Phi) is 2.56. The molecule has 0 bridgehead atoms. The monoisotopic (exact) mass is 195 g/mol. The van der Waals surface area contributed by atoms with Gasteiger partial charge in [0, 0.05) is 11.1 Å². The van der Waals surface area contributed by atoms with E-state index >= 15 is 0 Å². The first-order chi connectivity index (χ1) is 6.25.